The van der Waals surface area contributed by atoms with Gasteiger partial charge in [-0.3, -0.25) is 4.55 Å². The minimum absolute atomic E-state index is 0.110. The maximum Gasteiger partial charge on any atom is 0.296 e. The highest BCUT2D eigenvalue weighted by Crippen LogP contribution is 2.32. The Kier molecular flexibility index (Phi) is 3.43. The van der Waals surface area contributed by atoms with Gasteiger partial charge in [0.25, 0.3) is 10.1 Å². The van der Waals surface area contributed by atoms with E-state index in [0.717, 1.165) is 5.56 Å². The third kappa shape index (κ3) is 2.51. The molecule has 1 N–H and O–H groups in total. The minimum Gasteiger partial charge on any atom is -0.282 e. The molecule has 0 amide bonds. The Bertz CT molecular complexity index is 478. The SMILES string of the molecule is Cc1ccc(C(C)C)c(Cl)c1S(=O)(=O)O. The second-order valence-electron chi connectivity index (χ2n) is 3.74. The fraction of sp³-hybridized carbons (Fsp3) is 0.400. The molecule has 0 bridgehead atoms. The van der Waals surface area contributed by atoms with Gasteiger partial charge < -0.3 is 0 Å². The molecule has 1 aromatic carbocycles. The molecule has 0 atom stereocenters. The average Bonchev–Trinajstić information content (AvgIpc) is 2.00. The van der Waals surface area contributed by atoms with Crippen molar-refractivity contribution in [2.45, 2.75) is 31.6 Å². The third-order valence-electron chi connectivity index (χ3n) is 2.20. The van der Waals surface area contributed by atoms with E-state index in [1.54, 1.807) is 19.1 Å². The third-order valence-corrected chi connectivity index (χ3v) is 3.77. The van der Waals surface area contributed by atoms with Gasteiger partial charge in [-0.2, -0.15) is 8.42 Å². The van der Waals surface area contributed by atoms with Gasteiger partial charge in [0.15, 0.2) is 0 Å². The van der Waals surface area contributed by atoms with E-state index in [4.69, 9.17) is 16.2 Å². The largest absolute Gasteiger partial charge is 0.296 e. The van der Waals surface area contributed by atoms with Crippen LogP contribution in [0.3, 0.4) is 0 Å². The first-order chi connectivity index (χ1) is 6.75. The molecule has 0 aromatic heterocycles. The summed E-state index contributed by atoms with van der Waals surface area (Å²) in [5.74, 6) is 0.110. The molecular weight excluding hydrogens is 236 g/mol. The molecule has 0 saturated heterocycles. The average molecular weight is 249 g/mol. The van der Waals surface area contributed by atoms with Crippen LogP contribution in [0, 0.1) is 6.92 Å². The summed E-state index contributed by atoms with van der Waals surface area (Å²) in [6.45, 7) is 5.41. The molecule has 0 unspecified atom stereocenters. The van der Waals surface area contributed by atoms with E-state index in [9.17, 15) is 8.42 Å². The highest BCUT2D eigenvalue weighted by Gasteiger charge is 2.21. The maximum absolute atomic E-state index is 11.1. The van der Waals surface area contributed by atoms with E-state index in [2.05, 4.69) is 0 Å². The molecule has 15 heavy (non-hydrogen) atoms. The summed E-state index contributed by atoms with van der Waals surface area (Å²) in [6, 6.07) is 3.42. The van der Waals surface area contributed by atoms with Crippen LogP contribution in [0.25, 0.3) is 0 Å². The van der Waals surface area contributed by atoms with Crippen LogP contribution in [0.5, 0.6) is 0 Å². The van der Waals surface area contributed by atoms with E-state index in [1.807, 2.05) is 13.8 Å². The van der Waals surface area contributed by atoms with Gasteiger partial charge in [0.1, 0.15) is 4.90 Å². The zero-order chi connectivity index (χ0) is 11.8. The highest BCUT2D eigenvalue weighted by atomic mass is 35.5. The van der Waals surface area contributed by atoms with Crippen molar-refractivity contribution in [2.75, 3.05) is 0 Å². The Balaban J connectivity index is 3.59. The molecule has 1 aromatic rings. The van der Waals surface area contributed by atoms with Crippen molar-refractivity contribution in [3.63, 3.8) is 0 Å². The lowest BCUT2D eigenvalue weighted by Gasteiger charge is -2.12. The molecule has 0 fully saturated rings. The zero-order valence-electron chi connectivity index (χ0n) is 8.78. The first kappa shape index (κ1) is 12.5. The van der Waals surface area contributed by atoms with Crippen molar-refractivity contribution in [1.29, 1.82) is 0 Å². The smallest absolute Gasteiger partial charge is 0.282 e. The van der Waals surface area contributed by atoms with Crippen LogP contribution in [0.4, 0.5) is 0 Å². The van der Waals surface area contributed by atoms with Crippen molar-refractivity contribution in [2.24, 2.45) is 0 Å². The summed E-state index contributed by atoms with van der Waals surface area (Å²) < 4.78 is 31.3. The molecule has 0 heterocycles. The van der Waals surface area contributed by atoms with Gasteiger partial charge in [-0.25, -0.2) is 0 Å². The first-order valence-electron chi connectivity index (χ1n) is 4.51. The topological polar surface area (TPSA) is 54.4 Å². The van der Waals surface area contributed by atoms with Crippen LogP contribution >= 0.6 is 11.6 Å². The lowest BCUT2D eigenvalue weighted by molar-refractivity contribution is 0.482. The molecule has 84 valence electrons. The monoisotopic (exact) mass is 248 g/mol. The summed E-state index contributed by atoms with van der Waals surface area (Å²) in [6.07, 6.45) is 0. The Morgan fingerprint density at radius 3 is 2.27 bits per heavy atom. The van der Waals surface area contributed by atoms with Gasteiger partial charge in [-0.05, 0) is 24.0 Å². The summed E-state index contributed by atoms with van der Waals surface area (Å²) in [5, 5.41) is 0.118. The van der Waals surface area contributed by atoms with Gasteiger partial charge in [0.2, 0.25) is 0 Å². The van der Waals surface area contributed by atoms with Crippen LogP contribution in [0.15, 0.2) is 17.0 Å². The van der Waals surface area contributed by atoms with Crippen LogP contribution in [-0.2, 0) is 10.1 Å². The quantitative estimate of drug-likeness (QED) is 0.819. The summed E-state index contributed by atoms with van der Waals surface area (Å²) in [7, 11) is -4.25. The first-order valence-corrected chi connectivity index (χ1v) is 6.33. The summed E-state index contributed by atoms with van der Waals surface area (Å²) >= 11 is 5.95. The summed E-state index contributed by atoms with van der Waals surface area (Å²) in [4.78, 5) is -0.185. The molecule has 3 nitrogen and oxygen atoms in total. The number of halogens is 1. The fourth-order valence-corrected chi connectivity index (χ4v) is 2.97. The van der Waals surface area contributed by atoms with Crippen LogP contribution < -0.4 is 0 Å². The van der Waals surface area contributed by atoms with E-state index in [-0.39, 0.29) is 15.8 Å². The Morgan fingerprint density at radius 1 is 1.33 bits per heavy atom. The lowest BCUT2D eigenvalue weighted by atomic mass is 10.0. The fourth-order valence-electron chi connectivity index (χ4n) is 1.43. The van der Waals surface area contributed by atoms with Gasteiger partial charge in [-0.15, -0.1) is 0 Å². The Labute approximate surface area is 94.8 Å². The molecular formula is C10H13ClO3S. The number of rotatable bonds is 2. The van der Waals surface area contributed by atoms with Gasteiger partial charge >= 0.3 is 0 Å². The van der Waals surface area contributed by atoms with E-state index in [0.29, 0.717) is 5.56 Å². The molecule has 1 rings (SSSR count). The number of aryl methyl sites for hydroxylation is 1. The number of benzene rings is 1. The van der Waals surface area contributed by atoms with Gasteiger partial charge in [-0.1, -0.05) is 37.6 Å². The van der Waals surface area contributed by atoms with Crippen molar-refractivity contribution in [1.82, 2.24) is 0 Å². The molecule has 5 heteroatoms. The standard InChI is InChI=1S/C10H13ClO3S/c1-6(2)8-5-4-7(3)10(9(8)11)15(12,13)14/h4-6H,1-3H3,(H,12,13,14). The predicted molar refractivity (Wildman–Crippen MR) is 60.1 cm³/mol. The maximum atomic E-state index is 11.1. The van der Waals surface area contributed by atoms with Crippen LogP contribution in [0.1, 0.15) is 30.9 Å². The van der Waals surface area contributed by atoms with Crippen molar-refractivity contribution >= 4 is 21.7 Å². The lowest BCUT2D eigenvalue weighted by Crippen LogP contribution is -2.04. The van der Waals surface area contributed by atoms with E-state index in [1.165, 1.54) is 0 Å². The second kappa shape index (κ2) is 4.12. The van der Waals surface area contributed by atoms with Crippen LogP contribution in [-0.4, -0.2) is 13.0 Å². The highest BCUT2D eigenvalue weighted by molar-refractivity contribution is 7.86. The van der Waals surface area contributed by atoms with E-state index >= 15 is 0 Å². The second-order valence-corrected chi connectivity index (χ2v) is 5.48. The Hall–Kier alpha value is -0.580. The number of hydrogen-bond donors (Lipinski definition) is 1. The number of hydrogen-bond acceptors (Lipinski definition) is 2. The van der Waals surface area contributed by atoms with Crippen molar-refractivity contribution in [3.8, 4) is 0 Å². The van der Waals surface area contributed by atoms with Crippen molar-refractivity contribution in [3.05, 3.63) is 28.3 Å². The molecule has 0 radical (unpaired) electrons. The molecule has 0 spiro atoms. The normalized spacial score (nSPS) is 12.1. The molecule has 0 aliphatic rings. The van der Waals surface area contributed by atoms with Gasteiger partial charge in [0.05, 0.1) is 5.02 Å². The summed E-state index contributed by atoms with van der Waals surface area (Å²) in [5.41, 5.74) is 1.17. The van der Waals surface area contributed by atoms with Crippen molar-refractivity contribution < 1.29 is 13.0 Å². The molecule has 0 aliphatic heterocycles. The zero-order valence-corrected chi connectivity index (χ0v) is 10.4. The molecule has 0 aliphatic carbocycles. The predicted octanol–water partition coefficient (Wildman–Crippen LogP) is 3.02. The Morgan fingerprint density at radius 2 is 1.87 bits per heavy atom. The van der Waals surface area contributed by atoms with Crippen LogP contribution in [0.2, 0.25) is 5.02 Å². The van der Waals surface area contributed by atoms with E-state index < -0.39 is 10.1 Å². The van der Waals surface area contributed by atoms with Gasteiger partial charge in [0, 0.05) is 0 Å². The molecule has 0 saturated carbocycles. The minimum atomic E-state index is -4.25.